The highest BCUT2D eigenvalue weighted by Crippen LogP contribution is 2.08. The summed E-state index contributed by atoms with van der Waals surface area (Å²) in [6.45, 7) is 0. The van der Waals surface area contributed by atoms with Crippen LogP contribution in [0.1, 0.15) is 11.1 Å². The molecular formula is C14H12N4. The van der Waals surface area contributed by atoms with E-state index in [0.29, 0.717) is 5.95 Å². The molecule has 1 aromatic carbocycles. The normalized spacial score (nSPS) is 10.4. The third kappa shape index (κ3) is 2.27. The molecule has 0 N–H and O–H groups in total. The van der Waals surface area contributed by atoms with Gasteiger partial charge in [-0.3, -0.25) is 4.57 Å². The molecule has 4 nitrogen and oxygen atoms in total. The number of benzene rings is 1. The van der Waals surface area contributed by atoms with Gasteiger partial charge in [0.2, 0.25) is 5.95 Å². The Bertz CT molecular complexity index is 600. The minimum absolute atomic E-state index is 0.643. The van der Waals surface area contributed by atoms with Crippen molar-refractivity contribution in [1.82, 2.24) is 19.5 Å². The summed E-state index contributed by atoms with van der Waals surface area (Å²) < 4.78 is 1.78. The van der Waals surface area contributed by atoms with Crippen LogP contribution in [0, 0.1) is 0 Å². The van der Waals surface area contributed by atoms with Crippen molar-refractivity contribution in [2.45, 2.75) is 6.42 Å². The highest BCUT2D eigenvalue weighted by molar-refractivity contribution is 5.24. The smallest absolute Gasteiger partial charge is 0.234 e. The van der Waals surface area contributed by atoms with Gasteiger partial charge in [-0.05, 0) is 11.1 Å². The number of hydrogen-bond donors (Lipinski definition) is 0. The first-order chi connectivity index (χ1) is 8.92. The standard InChI is InChI=1S/C14H12N4/c1-2-4-12(5-3-1)8-13-9-16-14(17-10-13)18-7-6-15-11-18/h1-7,9-11H,8H2. The van der Waals surface area contributed by atoms with Crippen LogP contribution in [0.3, 0.4) is 0 Å². The van der Waals surface area contributed by atoms with E-state index in [2.05, 4.69) is 27.1 Å². The van der Waals surface area contributed by atoms with Gasteiger partial charge >= 0.3 is 0 Å². The molecule has 3 rings (SSSR count). The Balaban J connectivity index is 1.80. The summed E-state index contributed by atoms with van der Waals surface area (Å²) in [5, 5.41) is 0. The second kappa shape index (κ2) is 4.79. The van der Waals surface area contributed by atoms with E-state index in [-0.39, 0.29) is 0 Å². The molecule has 0 aliphatic rings. The second-order valence-electron chi connectivity index (χ2n) is 4.02. The number of rotatable bonds is 3. The molecular weight excluding hydrogens is 224 g/mol. The zero-order chi connectivity index (χ0) is 12.2. The van der Waals surface area contributed by atoms with Gasteiger partial charge in [0.1, 0.15) is 6.33 Å². The topological polar surface area (TPSA) is 43.6 Å². The number of hydrogen-bond acceptors (Lipinski definition) is 3. The largest absolute Gasteiger partial charge is 0.274 e. The molecule has 0 unspecified atom stereocenters. The van der Waals surface area contributed by atoms with E-state index in [1.54, 1.807) is 17.1 Å². The van der Waals surface area contributed by atoms with E-state index in [1.165, 1.54) is 5.56 Å². The molecule has 0 amide bonds. The fraction of sp³-hybridized carbons (Fsp3) is 0.0714. The Hall–Kier alpha value is -2.49. The van der Waals surface area contributed by atoms with Crippen LogP contribution in [0.2, 0.25) is 0 Å². The van der Waals surface area contributed by atoms with Crippen LogP contribution < -0.4 is 0 Å². The van der Waals surface area contributed by atoms with Crippen molar-refractivity contribution < 1.29 is 0 Å². The third-order valence-electron chi connectivity index (χ3n) is 2.68. The molecule has 4 heteroatoms. The zero-order valence-corrected chi connectivity index (χ0v) is 9.77. The average Bonchev–Trinajstić information content (AvgIpc) is 2.95. The lowest BCUT2D eigenvalue weighted by Crippen LogP contribution is -1.99. The lowest BCUT2D eigenvalue weighted by Gasteiger charge is -2.03. The predicted octanol–water partition coefficient (Wildman–Crippen LogP) is 2.25. The predicted molar refractivity (Wildman–Crippen MR) is 68.4 cm³/mol. The van der Waals surface area contributed by atoms with Crippen LogP contribution in [0.25, 0.3) is 5.95 Å². The zero-order valence-electron chi connectivity index (χ0n) is 9.77. The van der Waals surface area contributed by atoms with Gasteiger partial charge in [-0.1, -0.05) is 30.3 Å². The molecule has 0 aliphatic heterocycles. The molecule has 0 saturated heterocycles. The van der Waals surface area contributed by atoms with Crippen LogP contribution in [-0.4, -0.2) is 19.5 Å². The molecule has 0 aliphatic carbocycles. The molecule has 0 atom stereocenters. The number of nitrogens with zero attached hydrogens (tertiary/aromatic N) is 4. The summed E-state index contributed by atoms with van der Waals surface area (Å²) in [6.07, 6.45) is 9.79. The monoisotopic (exact) mass is 236 g/mol. The third-order valence-corrected chi connectivity index (χ3v) is 2.68. The van der Waals surface area contributed by atoms with Crippen LogP contribution in [-0.2, 0) is 6.42 Å². The average molecular weight is 236 g/mol. The maximum absolute atomic E-state index is 4.33. The first-order valence-electron chi connectivity index (χ1n) is 5.75. The highest BCUT2D eigenvalue weighted by atomic mass is 15.2. The van der Waals surface area contributed by atoms with Crippen molar-refractivity contribution in [3.63, 3.8) is 0 Å². The minimum atomic E-state index is 0.643. The summed E-state index contributed by atoms with van der Waals surface area (Å²) in [7, 11) is 0. The van der Waals surface area contributed by atoms with Crippen molar-refractivity contribution in [3.05, 3.63) is 72.6 Å². The van der Waals surface area contributed by atoms with Crippen molar-refractivity contribution in [2.75, 3.05) is 0 Å². The summed E-state index contributed by atoms with van der Waals surface area (Å²) in [4.78, 5) is 12.6. The van der Waals surface area contributed by atoms with Gasteiger partial charge in [0.15, 0.2) is 0 Å². The summed E-state index contributed by atoms with van der Waals surface area (Å²) >= 11 is 0. The van der Waals surface area contributed by atoms with Crippen molar-refractivity contribution in [1.29, 1.82) is 0 Å². The number of imidazole rings is 1. The maximum atomic E-state index is 4.33. The summed E-state index contributed by atoms with van der Waals surface area (Å²) in [6, 6.07) is 10.3. The lowest BCUT2D eigenvalue weighted by molar-refractivity contribution is 0.911. The van der Waals surface area contributed by atoms with Crippen molar-refractivity contribution in [3.8, 4) is 5.95 Å². The molecule has 2 heterocycles. The quantitative estimate of drug-likeness (QED) is 0.700. The molecule has 0 bridgehead atoms. The van der Waals surface area contributed by atoms with E-state index in [1.807, 2.05) is 36.8 Å². The Kier molecular flexibility index (Phi) is 2.84. The first-order valence-corrected chi connectivity index (χ1v) is 5.75. The fourth-order valence-electron chi connectivity index (χ4n) is 1.78. The van der Waals surface area contributed by atoms with Gasteiger partial charge in [-0.15, -0.1) is 0 Å². The molecule has 0 saturated carbocycles. The van der Waals surface area contributed by atoms with Crippen LogP contribution in [0.4, 0.5) is 0 Å². The van der Waals surface area contributed by atoms with E-state index < -0.39 is 0 Å². The van der Waals surface area contributed by atoms with E-state index in [9.17, 15) is 0 Å². The van der Waals surface area contributed by atoms with Gasteiger partial charge in [0.05, 0.1) is 0 Å². The van der Waals surface area contributed by atoms with E-state index in [4.69, 9.17) is 0 Å². The van der Waals surface area contributed by atoms with Crippen LogP contribution >= 0.6 is 0 Å². The molecule has 2 aromatic heterocycles. The van der Waals surface area contributed by atoms with Crippen LogP contribution in [0.15, 0.2) is 61.4 Å². The van der Waals surface area contributed by atoms with Gasteiger partial charge in [0.25, 0.3) is 0 Å². The Morgan fingerprint density at radius 2 is 1.72 bits per heavy atom. The molecule has 18 heavy (non-hydrogen) atoms. The van der Waals surface area contributed by atoms with Crippen molar-refractivity contribution >= 4 is 0 Å². The van der Waals surface area contributed by atoms with Gasteiger partial charge in [-0.2, -0.15) is 0 Å². The number of aromatic nitrogens is 4. The SMILES string of the molecule is c1ccc(Cc2cnc(-n3ccnc3)nc2)cc1. The first kappa shape index (κ1) is 10.7. The Labute approximate surface area is 105 Å². The molecule has 0 radical (unpaired) electrons. The maximum Gasteiger partial charge on any atom is 0.234 e. The van der Waals surface area contributed by atoms with Gasteiger partial charge < -0.3 is 0 Å². The van der Waals surface area contributed by atoms with E-state index >= 15 is 0 Å². The Morgan fingerprint density at radius 1 is 0.944 bits per heavy atom. The molecule has 88 valence electrons. The van der Waals surface area contributed by atoms with Crippen molar-refractivity contribution in [2.24, 2.45) is 0 Å². The molecule has 3 aromatic rings. The lowest BCUT2D eigenvalue weighted by atomic mass is 10.1. The summed E-state index contributed by atoms with van der Waals surface area (Å²) in [5.74, 6) is 0.643. The van der Waals surface area contributed by atoms with Gasteiger partial charge in [-0.25, -0.2) is 15.0 Å². The molecule has 0 spiro atoms. The molecule has 0 fully saturated rings. The fourth-order valence-corrected chi connectivity index (χ4v) is 1.78. The minimum Gasteiger partial charge on any atom is -0.274 e. The second-order valence-corrected chi connectivity index (χ2v) is 4.02. The highest BCUT2D eigenvalue weighted by Gasteiger charge is 2.00. The van der Waals surface area contributed by atoms with Gasteiger partial charge in [0, 0.05) is 31.2 Å². The van der Waals surface area contributed by atoms with Crippen LogP contribution in [0.5, 0.6) is 0 Å². The van der Waals surface area contributed by atoms with E-state index in [0.717, 1.165) is 12.0 Å². The Morgan fingerprint density at radius 3 is 2.39 bits per heavy atom. The summed E-state index contributed by atoms with van der Waals surface area (Å²) in [5.41, 5.74) is 2.36.